The van der Waals surface area contributed by atoms with Crippen molar-refractivity contribution in [1.29, 1.82) is 0 Å². The van der Waals surface area contributed by atoms with E-state index in [2.05, 4.69) is 16.1 Å². The van der Waals surface area contributed by atoms with Gasteiger partial charge in [-0.2, -0.15) is 10.1 Å². The predicted molar refractivity (Wildman–Crippen MR) is 126 cm³/mol. The summed E-state index contributed by atoms with van der Waals surface area (Å²) < 4.78 is 13.0. The van der Waals surface area contributed by atoms with E-state index in [0.29, 0.717) is 47.5 Å². The molecule has 9 nitrogen and oxygen atoms in total. The Balaban J connectivity index is 1.49. The van der Waals surface area contributed by atoms with Crippen LogP contribution in [0.15, 0.2) is 71.4 Å². The normalized spacial score (nSPS) is 14.1. The molecule has 6 rings (SSSR count). The van der Waals surface area contributed by atoms with Crippen molar-refractivity contribution in [2.24, 2.45) is 0 Å². The van der Waals surface area contributed by atoms with E-state index in [-0.39, 0.29) is 12.5 Å². The summed E-state index contributed by atoms with van der Waals surface area (Å²) in [5.74, 6) is 1.09. The molecule has 1 aliphatic heterocycles. The predicted octanol–water partition coefficient (Wildman–Crippen LogP) is 3.81. The van der Waals surface area contributed by atoms with Crippen LogP contribution in [0.25, 0.3) is 39.8 Å². The molecule has 1 aliphatic rings. The second kappa shape index (κ2) is 8.20. The minimum absolute atomic E-state index is 0.00604. The molecule has 0 radical (unpaired) electrons. The molecule has 0 bridgehead atoms. The van der Waals surface area contributed by atoms with Crippen molar-refractivity contribution in [1.82, 2.24) is 24.7 Å². The van der Waals surface area contributed by atoms with Gasteiger partial charge in [0.25, 0.3) is 11.9 Å². The van der Waals surface area contributed by atoms with Crippen LogP contribution in [0.4, 0.5) is 5.82 Å². The maximum atomic E-state index is 12.6. The number of pyridine rings is 1. The number of morpholine rings is 1. The van der Waals surface area contributed by atoms with E-state index < -0.39 is 0 Å². The average molecular weight is 452 g/mol. The first kappa shape index (κ1) is 20.3. The fourth-order valence-corrected chi connectivity index (χ4v) is 3.96. The largest absolute Gasteiger partial charge is 0.449 e. The Bertz CT molecular complexity index is 1510. The number of anilines is 1. The molecular weight excluding hydrogens is 432 g/mol. The number of carbonyl (C=O) groups excluding carboxylic acids is 1. The lowest BCUT2D eigenvalue weighted by Gasteiger charge is -2.25. The molecule has 34 heavy (non-hydrogen) atoms. The monoisotopic (exact) mass is 452 g/mol. The van der Waals surface area contributed by atoms with Gasteiger partial charge in [0.05, 0.1) is 18.8 Å². The van der Waals surface area contributed by atoms with Gasteiger partial charge in [-0.1, -0.05) is 29.8 Å². The third-order valence-electron chi connectivity index (χ3n) is 5.61. The summed E-state index contributed by atoms with van der Waals surface area (Å²) in [5, 5.41) is 4.69. The quantitative estimate of drug-likeness (QED) is 0.409. The summed E-state index contributed by atoms with van der Waals surface area (Å²) in [6, 6.07) is 17.4. The van der Waals surface area contributed by atoms with Crippen molar-refractivity contribution >= 4 is 22.8 Å². The van der Waals surface area contributed by atoms with Gasteiger partial charge >= 0.3 is 0 Å². The van der Waals surface area contributed by atoms with Gasteiger partial charge in [-0.15, -0.1) is 0 Å². The molecule has 0 saturated carbocycles. The number of nitrogens with zero attached hydrogens (tertiary/aromatic N) is 6. The highest BCUT2D eigenvalue weighted by Gasteiger charge is 2.27. The number of rotatable bonds is 4. The van der Waals surface area contributed by atoms with E-state index in [0.717, 1.165) is 16.8 Å². The van der Waals surface area contributed by atoms with Crippen molar-refractivity contribution in [2.75, 3.05) is 24.7 Å². The number of aromatic nitrogens is 5. The number of benzene rings is 1. The van der Waals surface area contributed by atoms with Gasteiger partial charge in [-0.3, -0.25) is 14.7 Å². The first-order chi connectivity index (χ1) is 16.7. The first-order valence-corrected chi connectivity index (χ1v) is 10.9. The Morgan fingerprint density at radius 2 is 1.94 bits per heavy atom. The Morgan fingerprint density at radius 1 is 1.00 bits per heavy atom. The molecule has 0 N–H and O–H groups in total. The fraction of sp³-hybridized carbons (Fsp3) is 0.160. The van der Waals surface area contributed by atoms with Crippen LogP contribution in [0.5, 0.6) is 0 Å². The summed E-state index contributed by atoms with van der Waals surface area (Å²) in [6.45, 7) is 2.83. The fourth-order valence-electron chi connectivity index (χ4n) is 3.96. The number of furan rings is 1. The molecule has 0 spiro atoms. The molecule has 1 saturated heterocycles. The molecule has 0 unspecified atom stereocenters. The van der Waals surface area contributed by atoms with Crippen molar-refractivity contribution in [3.05, 3.63) is 72.6 Å². The third-order valence-corrected chi connectivity index (χ3v) is 5.61. The lowest BCUT2D eigenvalue weighted by molar-refractivity contribution is -0.125. The Kier molecular flexibility index (Phi) is 4.88. The number of fused-ring (bicyclic) bond motifs is 1. The van der Waals surface area contributed by atoms with Crippen LogP contribution in [0.1, 0.15) is 5.56 Å². The van der Waals surface area contributed by atoms with Crippen molar-refractivity contribution < 1.29 is 13.9 Å². The molecule has 9 heteroatoms. The zero-order valence-electron chi connectivity index (χ0n) is 18.4. The highest BCUT2D eigenvalue weighted by atomic mass is 16.5. The number of carbonyl (C=O) groups is 1. The van der Waals surface area contributed by atoms with Crippen molar-refractivity contribution in [3.8, 4) is 28.7 Å². The van der Waals surface area contributed by atoms with Crippen LogP contribution < -0.4 is 4.90 Å². The summed E-state index contributed by atoms with van der Waals surface area (Å²) in [5.41, 5.74) is 4.61. The van der Waals surface area contributed by atoms with Crippen molar-refractivity contribution in [3.63, 3.8) is 0 Å². The second-order valence-corrected chi connectivity index (χ2v) is 8.00. The molecular formula is C25H20N6O3. The molecule has 168 valence electrons. The highest BCUT2D eigenvalue weighted by Crippen LogP contribution is 2.32. The van der Waals surface area contributed by atoms with Crippen LogP contribution in [0.2, 0.25) is 0 Å². The van der Waals surface area contributed by atoms with Gasteiger partial charge in [0.1, 0.15) is 17.8 Å². The van der Waals surface area contributed by atoms with Crippen LogP contribution in [-0.4, -0.2) is 50.4 Å². The van der Waals surface area contributed by atoms with Gasteiger partial charge in [0.2, 0.25) is 0 Å². The standard InChI is InChI=1S/C25H20N6O3/c1-16-5-4-6-17(13-16)18-8-10-31(29-18)25-27-20-14-21(19-7-2-3-9-26-19)34-23(20)24(28-25)30-11-12-33-15-22(30)32/h2-10,13-14H,11-12,15H2,1H3. The van der Waals surface area contributed by atoms with Gasteiger partial charge in [-0.05, 0) is 31.2 Å². The third kappa shape index (κ3) is 3.61. The van der Waals surface area contributed by atoms with Gasteiger partial charge in [0, 0.05) is 24.0 Å². The van der Waals surface area contributed by atoms with E-state index >= 15 is 0 Å². The zero-order chi connectivity index (χ0) is 23.1. The molecule has 1 aromatic carbocycles. The molecule has 4 aromatic heterocycles. The van der Waals surface area contributed by atoms with Crippen LogP contribution in [0.3, 0.4) is 0 Å². The molecule has 1 amide bonds. The first-order valence-electron chi connectivity index (χ1n) is 10.9. The number of aryl methyl sites for hydroxylation is 1. The van der Waals surface area contributed by atoms with Gasteiger partial charge < -0.3 is 9.15 Å². The zero-order valence-corrected chi connectivity index (χ0v) is 18.4. The van der Waals surface area contributed by atoms with Gasteiger partial charge in [0.15, 0.2) is 17.2 Å². The molecule has 1 fully saturated rings. The lowest BCUT2D eigenvalue weighted by Crippen LogP contribution is -2.42. The molecule has 0 atom stereocenters. The van der Waals surface area contributed by atoms with Crippen LogP contribution in [-0.2, 0) is 9.53 Å². The smallest absolute Gasteiger partial charge is 0.254 e. The SMILES string of the molecule is Cc1cccc(-c2ccn(-c3nc(N4CCOCC4=O)c4oc(-c5ccccn5)cc4n3)n2)c1. The van der Waals surface area contributed by atoms with E-state index in [1.807, 2.05) is 61.7 Å². The summed E-state index contributed by atoms with van der Waals surface area (Å²) in [7, 11) is 0. The van der Waals surface area contributed by atoms with E-state index in [9.17, 15) is 4.79 Å². The minimum Gasteiger partial charge on any atom is -0.449 e. The van der Waals surface area contributed by atoms with Crippen molar-refractivity contribution in [2.45, 2.75) is 6.92 Å². The molecule has 5 heterocycles. The molecule has 0 aliphatic carbocycles. The maximum absolute atomic E-state index is 12.6. The minimum atomic E-state index is -0.186. The van der Waals surface area contributed by atoms with E-state index in [4.69, 9.17) is 19.1 Å². The van der Waals surface area contributed by atoms with Crippen LogP contribution >= 0.6 is 0 Å². The Labute approximate surface area is 194 Å². The summed E-state index contributed by atoms with van der Waals surface area (Å²) in [4.78, 5) is 28.0. The second-order valence-electron chi connectivity index (χ2n) is 8.00. The van der Waals surface area contributed by atoms with E-state index in [1.54, 1.807) is 15.8 Å². The number of ether oxygens (including phenoxy) is 1. The number of hydrogen-bond donors (Lipinski definition) is 0. The summed E-state index contributed by atoms with van der Waals surface area (Å²) >= 11 is 0. The van der Waals surface area contributed by atoms with Gasteiger partial charge in [-0.25, -0.2) is 9.67 Å². The highest BCUT2D eigenvalue weighted by molar-refractivity contribution is 6.00. The number of hydrogen-bond acceptors (Lipinski definition) is 7. The topological polar surface area (TPSA) is 99.2 Å². The molecule has 5 aromatic rings. The Morgan fingerprint density at radius 3 is 2.76 bits per heavy atom. The average Bonchev–Trinajstić information content (AvgIpc) is 3.52. The number of amides is 1. The summed E-state index contributed by atoms with van der Waals surface area (Å²) in [6.07, 6.45) is 3.51. The van der Waals surface area contributed by atoms with E-state index in [1.165, 1.54) is 0 Å². The maximum Gasteiger partial charge on any atom is 0.254 e. The lowest BCUT2D eigenvalue weighted by atomic mass is 10.1. The Hall–Kier alpha value is -4.37. The van der Waals surface area contributed by atoms with Crippen LogP contribution in [0, 0.1) is 6.92 Å².